The lowest BCUT2D eigenvalue weighted by Gasteiger charge is -2.28. The number of hydrogen-bond donors (Lipinski definition) is 1. The molecule has 0 spiro atoms. The van der Waals surface area contributed by atoms with E-state index in [1.54, 1.807) is 12.1 Å². The van der Waals surface area contributed by atoms with Crippen molar-refractivity contribution in [3.05, 3.63) is 56.0 Å². The van der Waals surface area contributed by atoms with Gasteiger partial charge in [0.1, 0.15) is 16.8 Å². The molecule has 0 saturated carbocycles. The number of fused-ring (bicyclic) bond motifs is 1. The molecule has 0 atom stereocenters. The Morgan fingerprint density at radius 2 is 2.30 bits per heavy atom. The van der Waals surface area contributed by atoms with Gasteiger partial charge in [0, 0.05) is 23.6 Å². The number of hydrogen-bond acceptors (Lipinski definition) is 8. The summed E-state index contributed by atoms with van der Waals surface area (Å²) in [5, 5.41) is 21.3. The Kier molecular flexibility index (Phi) is 5.09. The number of nitrogens with two attached hydrogens (primary N) is 1. The van der Waals surface area contributed by atoms with Gasteiger partial charge in [-0.05, 0) is 29.7 Å². The summed E-state index contributed by atoms with van der Waals surface area (Å²) >= 11 is 1.35. The van der Waals surface area contributed by atoms with Gasteiger partial charge in [0.2, 0.25) is 0 Å². The lowest BCUT2D eigenvalue weighted by atomic mass is 10.0. The molecule has 2 heterocycles. The lowest BCUT2D eigenvalue weighted by Crippen LogP contribution is -2.30. The fourth-order valence-corrected chi connectivity index (χ4v) is 4.13. The third kappa shape index (κ3) is 3.61. The third-order valence-corrected chi connectivity index (χ3v) is 5.39. The van der Waals surface area contributed by atoms with E-state index in [4.69, 9.17) is 5.73 Å². The first kappa shape index (κ1) is 18.4. The van der Waals surface area contributed by atoms with Gasteiger partial charge in [-0.3, -0.25) is 10.1 Å². The Labute approximate surface area is 159 Å². The number of anilines is 2. The van der Waals surface area contributed by atoms with Gasteiger partial charge in [0.15, 0.2) is 0 Å². The number of thiophene rings is 1. The fraction of sp³-hybridized carbons (Fsp3) is 0.222. The molecule has 0 aliphatic carbocycles. The summed E-state index contributed by atoms with van der Waals surface area (Å²) < 4.78 is 4.52. The van der Waals surface area contributed by atoms with Gasteiger partial charge in [-0.1, -0.05) is 6.07 Å². The topological polar surface area (TPSA) is 122 Å². The molecule has 8 nitrogen and oxygen atoms in total. The first-order chi connectivity index (χ1) is 12.9. The smallest absolute Gasteiger partial charge is 0.330 e. The molecule has 1 aliphatic rings. The fourth-order valence-electron chi connectivity index (χ4n) is 3.04. The molecule has 1 aromatic heterocycles. The van der Waals surface area contributed by atoms with Crippen LogP contribution in [0.15, 0.2) is 24.3 Å². The number of carbonyl (C=O) groups excluding carboxylic acids is 1. The summed E-state index contributed by atoms with van der Waals surface area (Å²) in [6.45, 7) is 1.01. The van der Waals surface area contributed by atoms with E-state index in [1.807, 2.05) is 4.90 Å². The number of nitro groups is 1. The van der Waals surface area contributed by atoms with E-state index >= 15 is 0 Å². The molecule has 0 radical (unpaired) electrons. The molecule has 0 amide bonds. The molecule has 2 N–H and O–H groups in total. The highest BCUT2D eigenvalue weighted by molar-refractivity contribution is 7.16. The van der Waals surface area contributed by atoms with Crippen LogP contribution in [0.1, 0.15) is 21.6 Å². The molecule has 9 heteroatoms. The largest absolute Gasteiger partial charge is 0.466 e. The molecular formula is C18H16N4O4S. The number of nitrogen functional groups attached to an aromatic ring is 1. The number of esters is 1. The zero-order chi connectivity index (χ0) is 19.6. The normalized spacial score (nSPS) is 13.3. The number of benzene rings is 1. The predicted molar refractivity (Wildman–Crippen MR) is 102 cm³/mol. The van der Waals surface area contributed by atoms with E-state index in [9.17, 15) is 20.2 Å². The monoisotopic (exact) mass is 384 g/mol. The van der Waals surface area contributed by atoms with E-state index < -0.39 is 10.9 Å². The standard InChI is InChI=1S/C18H16N4O4S/c1-26-17(23)5-3-11-2-4-14(15(8-11)22(24)25)21-7-6-12-13(9-19)18(20)27-16(12)10-21/h2-5,8H,6-7,10,20H2,1H3/b5-3+. The molecule has 138 valence electrons. The van der Waals surface area contributed by atoms with Crippen LogP contribution in [0.2, 0.25) is 0 Å². The van der Waals surface area contributed by atoms with Gasteiger partial charge in [-0.15, -0.1) is 11.3 Å². The average Bonchev–Trinajstić information content (AvgIpc) is 2.99. The van der Waals surface area contributed by atoms with E-state index in [2.05, 4.69) is 10.8 Å². The van der Waals surface area contributed by atoms with Crippen LogP contribution in [0.3, 0.4) is 0 Å². The maximum Gasteiger partial charge on any atom is 0.330 e. The Morgan fingerprint density at radius 3 is 2.96 bits per heavy atom. The van der Waals surface area contributed by atoms with E-state index in [1.165, 1.54) is 36.7 Å². The predicted octanol–water partition coefficient (Wildman–Crippen LogP) is 2.86. The molecule has 0 saturated heterocycles. The van der Waals surface area contributed by atoms with Crippen molar-refractivity contribution >= 4 is 39.8 Å². The van der Waals surface area contributed by atoms with E-state index in [0.717, 1.165) is 10.4 Å². The van der Waals surface area contributed by atoms with Crippen LogP contribution in [-0.4, -0.2) is 24.5 Å². The van der Waals surface area contributed by atoms with Crippen LogP contribution >= 0.6 is 11.3 Å². The molecule has 0 unspecified atom stereocenters. The van der Waals surface area contributed by atoms with Gasteiger partial charge in [0.25, 0.3) is 5.69 Å². The minimum Gasteiger partial charge on any atom is -0.466 e. The highest BCUT2D eigenvalue weighted by Crippen LogP contribution is 2.38. The number of ether oxygens (including phenoxy) is 1. The van der Waals surface area contributed by atoms with Crippen molar-refractivity contribution in [1.29, 1.82) is 5.26 Å². The lowest BCUT2D eigenvalue weighted by molar-refractivity contribution is -0.384. The van der Waals surface area contributed by atoms with Gasteiger partial charge in [-0.25, -0.2) is 4.79 Å². The highest BCUT2D eigenvalue weighted by Gasteiger charge is 2.27. The summed E-state index contributed by atoms with van der Waals surface area (Å²) in [6.07, 6.45) is 3.28. The number of nitrogens with zero attached hydrogens (tertiary/aromatic N) is 3. The van der Waals surface area contributed by atoms with Crippen LogP contribution in [0.5, 0.6) is 0 Å². The van der Waals surface area contributed by atoms with Gasteiger partial charge in [0.05, 0.1) is 24.1 Å². The number of nitriles is 1. The maximum absolute atomic E-state index is 11.6. The van der Waals surface area contributed by atoms with E-state index in [-0.39, 0.29) is 5.69 Å². The van der Waals surface area contributed by atoms with Crippen molar-refractivity contribution in [2.45, 2.75) is 13.0 Å². The second-order valence-corrected chi connectivity index (χ2v) is 7.02. The summed E-state index contributed by atoms with van der Waals surface area (Å²) in [4.78, 5) is 25.2. The van der Waals surface area contributed by atoms with Crippen LogP contribution in [0.4, 0.5) is 16.4 Å². The summed E-state index contributed by atoms with van der Waals surface area (Å²) in [5.41, 5.74) is 8.34. The van der Waals surface area contributed by atoms with Crippen molar-refractivity contribution < 1.29 is 14.5 Å². The summed E-state index contributed by atoms with van der Waals surface area (Å²) in [6, 6.07) is 6.94. The maximum atomic E-state index is 11.6. The molecule has 1 aliphatic heterocycles. The second kappa shape index (κ2) is 7.47. The number of carbonyl (C=O) groups is 1. The number of nitro benzene ring substituents is 1. The SMILES string of the molecule is COC(=O)/C=C/c1ccc(N2CCc3c(sc(N)c3C#N)C2)c([N+](=O)[O-])c1. The second-order valence-electron chi connectivity index (χ2n) is 5.89. The molecule has 0 fully saturated rings. The average molecular weight is 384 g/mol. The third-order valence-electron chi connectivity index (χ3n) is 4.35. The zero-order valence-electron chi connectivity index (χ0n) is 14.5. The van der Waals surface area contributed by atoms with Crippen LogP contribution in [0.25, 0.3) is 6.08 Å². The van der Waals surface area contributed by atoms with Crippen molar-refractivity contribution in [1.82, 2.24) is 0 Å². The van der Waals surface area contributed by atoms with Gasteiger partial charge in [-0.2, -0.15) is 5.26 Å². The molecule has 27 heavy (non-hydrogen) atoms. The Hall–Kier alpha value is -3.38. The van der Waals surface area contributed by atoms with Gasteiger partial charge >= 0.3 is 5.97 Å². The summed E-state index contributed by atoms with van der Waals surface area (Å²) in [7, 11) is 1.26. The molecule has 1 aromatic carbocycles. The first-order valence-electron chi connectivity index (χ1n) is 8.04. The Morgan fingerprint density at radius 1 is 1.52 bits per heavy atom. The number of rotatable bonds is 4. The Bertz CT molecular complexity index is 990. The minimum absolute atomic E-state index is 0.0458. The van der Waals surface area contributed by atoms with Crippen molar-refractivity contribution in [3.63, 3.8) is 0 Å². The highest BCUT2D eigenvalue weighted by atomic mass is 32.1. The van der Waals surface area contributed by atoms with E-state index in [0.29, 0.717) is 41.3 Å². The van der Waals surface area contributed by atoms with Crippen LogP contribution in [-0.2, 0) is 22.5 Å². The van der Waals surface area contributed by atoms with Crippen molar-refractivity contribution in [2.24, 2.45) is 0 Å². The van der Waals surface area contributed by atoms with Gasteiger partial charge < -0.3 is 15.4 Å². The van der Waals surface area contributed by atoms with Crippen LogP contribution in [0, 0.1) is 21.4 Å². The quantitative estimate of drug-likeness (QED) is 0.372. The molecule has 3 rings (SSSR count). The van der Waals surface area contributed by atoms with Crippen molar-refractivity contribution in [2.75, 3.05) is 24.3 Å². The summed E-state index contributed by atoms with van der Waals surface area (Å²) in [5.74, 6) is -0.533. The Balaban J connectivity index is 1.92. The van der Waals surface area contributed by atoms with Crippen molar-refractivity contribution in [3.8, 4) is 6.07 Å². The zero-order valence-corrected chi connectivity index (χ0v) is 15.3. The van der Waals surface area contributed by atoms with Crippen LogP contribution < -0.4 is 10.6 Å². The molecule has 0 bridgehead atoms. The first-order valence-corrected chi connectivity index (χ1v) is 8.85. The number of methoxy groups -OCH3 is 1. The molecular weight excluding hydrogens is 368 g/mol. The minimum atomic E-state index is -0.533. The molecule has 2 aromatic rings.